The number of methoxy groups -OCH3 is 1. The molecular formula is C18H19ClN2O5. The first-order valence-corrected chi connectivity index (χ1v) is 8.09. The number of anilines is 1. The molecule has 1 atom stereocenters. The standard InChI is InChI=1S/C18H19ClN2O5/c1-11(26-14-6-3-12(19)4-7-14)18(23)21-13-5-8-15(24-2)16(9-13)25-10-17(20)22/h3-9,11H,10H2,1-2H3,(H2,20,22)(H,21,23). The van der Waals surface area contributed by atoms with Crippen LogP contribution in [0.4, 0.5) is 5.69 Å². The molecule has 0 radical (unpaired) electrons. The highest BCUT2D eigenvalue weighted by Gasteiger charge is 2.16. The maximum absolute atomic E-state index is 12.3. The van der Waals surface area contributed by atoms with E-state index in [0.29, 0.717) is 22.2 Å². The van der Waals surface area contributed by atoms with E-state index >= 15 is 0 Å². The molecule has 1 unspecified atom stereocenters. The Morgan fingerprint density at radius 2 is 1.85 bits per heavy atom. The number of ether oxygens (including phenoxy) is 3. The van der Waals surface area contributed by atoms with Gasteiger partial charge in [-0.1, -0.05) is 11.6 Å². The molecule has 0 fully saturated rings. The zero-order chi connectivity index (χ0) is 19.1. The second kappa shape index (κ2) is 8.96. The highest BCUT2D eigenvalue weighted by molar-refractivity contribution is 6.30. The van der Waals surface area contributed by atoms with E-state index in [1.54, 1.807) is 43.3 Å². The van der Waals surface area contributed by atoms with E-state index in [4.69, 9.17) is 31.5 Å². The third-order valence-electron chi connectivity index (χ3n) is 3.30. The molecular weight excluding hydrogens is 360 g/mol. The Kier molecular flexibility index (Phi) is 6.68. The van der Waals surface area contributed by atoms with Crippen molar-refractivity contribution in [1.29, 1.82) is 0 Å². The van der Waals surface area contributed by atoms with Crippen molar-refractivity contribution in [2.75, 3.05) is 19.0 Å². The number of nitrogens with two attached hydrogens (primary N) is 1. The van der Waals surface area contributed by atoms with Gasteiger partial charge in [-0.25, -0.2) is 0 Å². The molecule has 7 nitrogen and oxygen atoms in total. The normalized spacial score (nSPS) is 11.3. The van der Waals surface area contributed by atoms with Gasteiger partial charge < -0.3 is 25.3 Å². The molecule has 2 amide bonds. The van der Waals surface area contributed by atoms with E-state index in [2.05, 4.69) is 5.32 Å². The number of primary amides is 1. The molecule has 8 heteroatoms. The number of rotatable bonds is 8. The summed E-state index contributed by atoms with van der Waals surface area (Å²) in [6.07, 6.45) is -0.742. The second-order valence-electron chi connectivity index (χ2n) is 5.32. The van der Waals surface area contributed by atoms with Gasteiger partial charge in [-0.05, 0) is 43.3 Å². The van der Waals surface area contributed by atoms with Gasteiger partial charge in [0.15, 0.2) is 24.2 Å². The van der Waals surface area contributed by atoms with Crippen molar-refractivity contribution in [3.05, 3.63) is 47.5 Å². The molecule has 138 valence electrons. The van der Waals surface area contributed by atoms with E-state index < -0.39 is 12.0 Å². The number of hydrogen-bond acceptors (Lipinski definition) is 5. The predicted molar refractivity (Wildman–Crippen MR) is 97.9 cm³/mol. The minimum atomic E-state index is -0.742. The SMILES string of the molecule is COc1ccc(NC(=O)C(C)Oc2ccc(Cl)cc2)cc1OCC(N)=O. The number of halogens is 1. The second-order valence-corrected chi connectivity index (χ2v) is 5.76. The lowest BCUT2D eigenvalue weighted by atomic mass is 10.2. The van der Waals surface area contributed by atoms with E-state index in [1.807, 2.05) is 0 Å². The van der Waals surface area contributed by atoms with Crippen molar-refractivity contribution in [3.63, 3.8) is 0 Å². The van der Waals surface area contributed by atoms with Crippen LogP contribution < -0.4 is 25.3 Å². The van der Waals surface area contributed by atoms with Crippen LogP contribution in [0.5, 0.6) is 17.2 Å². The van der Waals surface area contributed by atoms with Crippen molar-refractivity contribution in [2.24, 2.45) is 5.73 Å². The molecule has 0 aliphatic heterocycles. The summed E-state index contributed by atoms with van der Waals surface area (Å²) in [7, 11) is 1.47. The lowest BCUT2D eigenvalue weighted by Crippen LogP contribution is -2.30. The van der Waals surface area contributed by atoms with Gasteiger partial charge in [0.05, 0.1) is 7.11 Å². The lowest BCUT2D eigenvalue weighted by Gasteiger charge is -2.16. The van der Waals surface area contributed by atoms with E-state index in [0.717, 1.165) is 0 Å². The van der Waals surface area contributed by atoms with Crippen LogP contribution in [0.15, 0.2) is 42.5 Å². The van der Waals surface area contributed by atoms with Gasteiger partial charge in [0.25, 0.3) is 11.8 Å². The average molecular weight is 379 g/mol. The van der Waals surface area contributed by atoms with Crippen molar-refractivity contribution < 1.29 is 23.8 Å². The minimum absolute atomic E-state index is 0.287. The molecule has 0 bridgehead atoms. The number of nitrogens with one attached hydrogen (secondary N) is 1. The summed E-state index contributed by atoms with van der Waals surface area (Å²) in [6, 6.07) is 11.5. The Balaban J connectivity index is 2.03. The van der Waals surface area contributed by atoms with Gasteiger partial charge in [0.2, 0.25) is 0 Å². The van der Waals surface area contributed by atoms with Crippen LogP contribution in [0.1, 0.15) is 6.92 Å². The van der Waals surface area contributed by atoms with E-state index in [-0.39, 0.29) is 18.3 Å². The zero-order valence-electron chi connectivity index (χ0n) is 14.3. The molecule has 2 aromatic rings. The number of hydrogen-bond donors (Lipinski definition) is 2. The maximum Gasteiger partial charge on any atom is 0.265 e. The zero-order valence-corrected chi connectivity index (χ0v) is 15.1. The van der Waals surface area contributed by atoms with Crippen molar-refractivity contribution >= 4 is 29.1 Å². The van der Waals surface area contributed by atoms with E-state index in [1.165, 1.54) is 13.2 Å². The fraction of sp³-hybridized carbons (Fsp3) is 0.222. The molecule has 3 N–H and O–H groups in total. The van der Waals surface area contributed by atoms with Crippen molar-refractivity contribution in [1.82, 2.24) is 0 Å². The van der Waals surface area contributed by atoms with Crippen LogP contribution >= 0.6 is 11.6 Å². The first-order valence-electron chi connectivity index (χ1n) is 7.71. The quantitative estimate of drug-likeness (QED) is 0.735. The topological polar surface area (TPSA) is 99.9 Å². The van der Waals surface area contributed by atoms with Gasteiger partial charge in [-0.3, -0.25) is 9.59 Å². The van der Waals surface area contributed by atoms with Crippen molar-refractivity contribution in [2.45, 2.75) is 13.0 Å². The smallest absolute Gasteiger partial charge is 0.265 e. The molecule has 26 heavy (non-hydrogen) atoms. The molecule has 0 aliphatic rings. The lowest BCUT2D eigenvalue weighted by molar-refractivity contribution is -0.122. The molecule has 0 spiro atoms. The summed E-state index contributed by atoms with van der Waals surface area (Å²) < 4.78 is 16.0. The highest BCUT2D eigenvalue weighted by Crippen LogP contribution is 2.30. The van der Waals surface area contributed by atoms with Gasteiger partial charge in [0, 0.05) is 16.8 Å². The first-order chi connectivity index (χ1) is 12.4. The van der Waals surface area contributed by atoms with Crippen LogP contribution in [0.25, 0.3) is 0 Å². The van der Waals surface area contributed by atoms with Crippen LogP contribution in [-0.2, 0) is 9.59 Å². The van der Waals surface area contributed by atoms with Crippen LogP contribution in [0, 0.1) is 0 Å². The highest BCUT2D eigenvalue weighted by atomic mass is 35.5. The summed E-state index contributed by atoms with van der Waals surface area (Å²) in [6.45, 7) is 1.32. The van der Waals surface area contributed by atoms with Crippen LogP contribution in [0.3, 0.4) is 0 Å². The Morgan fingerprint density at radius 1 is 1.15 bits per heavy atom. The summed E-state index contributed by atoms with van der Waals surface area (Å²) >= 11 is 5.82. The number of amides is 2. The third kappa shape index (κ3) is 5.56. The number of benzene rings is 2. The van der Waals surface area contributed by atoms with Crippen LogP contribution in [0.2, 0.25) is 5.02 Å². The number of carbonyl (C=O) groups is 2. The summed E-state index contributed by atoms with van der Waals surface area (Å²) in [5.41, 5.74) is 5.53. The molecule has 0 aliphatic carbocycles. The molecule has 0 aromatic heterocycles. The average Bonchev–Trinajstić information content (AvgIpc) is 2.62. The van der Waals surface area contributed by atoms with Gasteiger partial charge in [-0.2, -0.15) is 0 Å². The van der Waals surface area contributed by atoms with Gasteiger partial charge in [-0.15, -0.1) is 0 Å². The largest absolute Gasteiger partial charge is 0.493 e. The molecule has 0 saturated carbocycles. The summed E-state index contributed by atoms with van der Waals surface area (Å²) in [5, 5.41) is 3.29. The molecule has 0 saturated heterocycles. The van der Waals surface area contributed by atoms with Crippen molar-refractivity contribution in [3.8, 4) is 17.2 Å². The van der Waals surface area contributed by atoms with E-state index in [9.17, 15) is 9.59 Å². The maximum atomic E-state index is 12.3. The summed E-state index contributed by atoms with van der Waals surface area (Å²) in [4.78, 5) is 23.2. The fourth-order valence-corrected chi connectivity index (χ4v) is 2.16. The monoisotopic (exact) mass is 378 g/mol. The molecule has 2 rings (SSSR count). The Hall–Kier alpha value is -2.93. The third-order valence-corrected chi connectivity index (χ3v) is 3.55. The first kappa shape index (κ1) is 19.4. The Bertz CT molecular complexity index is 780. The minimum Gasteiger partial charge on any atom is -0.493 e. The van der Waals surface area contributed by atoms with Gasteiger partial charge >= 0.3 is 0 Å². The molecule has 0 heterocycles. The fourth-order valence-electron chi connectivity index (χ4n) is 2.03. The summed E-state index contributed by atoms with van der Waals surface area (Å²) in [5.74, 6) is 0.250. The Morgan fingerprint density at radius 3 is 2.46 bits per heavy atom. The molecule has 2 aromatic carbocycles. The Labute approximate surface area is 156 Å². The number of carbonyl (C=O) groups excluding carboxylic acids is 2. The predicted octanol–water partition coefficient (Wildman–Crippen LogP) is 2.62. The van der Waals surface area contributed by atoms with Gasteiger partial charge in [0.1, 0.15) is 5.75 Å². The van der Waals surface area contributed by atoms with Crippen LogP contribution in [-0.4, -0.2) is 31.6 Å².